The highest BCUT2D eigenvalue weighted by molar-refractivity contribution is 7.94. The van der Waals surface area contributed by atoms with Gasteiger partial charge in [-0.2, -0.15) is 30.5 Å². The number of benzene rings is 2. The maximum absolute atomic E-state index is 12.7. The molecule has 2 aliphatic rings. The number of fused-ring (bicyclic) bond motifs is 2. The smallest absolute Gasteiger partial charge is 0.430 e. The molecule has 0 bridgehead atoms. The number of allylic oxidation sites excluding steroid dienone is 4. The zero-order valence-electron chi connectivity index (χ0n) is 38.5. The maximum atomic E-state index is 12.7. The van der Waals surface area contributed by atoms with Crippen LogP contribution in [0.25, 0.3) is 0 Å². The van der Waals surface area contributed by atoms with Crippen LogP contribution in [0, 0.1) is 0 Å². The number of rotatable bonds is 23. The average Bonchev–Trinajstić information content (AvgIpc) is 3.59. The molecule has 2 aromatic carbocycles. The summed E-state index contributed by atoms with van der Waals surface area (Å²) in [5.41, 5.74) is 16.1. The summed E-state index contributed by atoms with van der Waals surface area (Å²) in [5.74, 6) is -3.21. The van der Waals surface area contributed by atoms with E-state index in [1.165, 1.54) is 6.07 Å². The second-order valence-corrected chi connectivity index (χ2v) is 19.9. The second kappa shape index (κ2) is 24.1. The van der Waals surface area contributed by atoms with Gasteiger partial charge in [0.1, 0.15) is 12.5 Å². The number of amides is 2. The molecule has 1 unspecified atom stereocenters. The van der Waals surface area contributed by atoms with Crippen LogP contribution in [0.2, 0.25) is 0 Å². The highest BCUT2D eigenvalue weighted by atomic mass is 32.2. The number of anilines is 1. The van der Waals surface area contributed by atoms with Crippen LogP contribution < -0.4 is 37.4 Å². The Bertz CT molecular complexity index is 2230. The van der Waals surface area contributed by atoms with Crippen LogP contribution in [-0.2, 0) is 44.7 Å². The number of nitrogens with zero attached hydrogens (tertiary/aromatic N) is 3. The minimum Gasteiger partial charge on any atom is -0.691 e. The van der Waals surface area contributed by atoms with Crippen LogP contribution in [0.1, 0.15) is 84.3 Å². The number of alkyl halides is 3. The molecule has 22 heteroatoms. The number of hydrogen-bond acceptors (Lipinski definition) is 13. The molecule has 2 amide bonds. The minimum absolute atomic E-state index is 0.0285. The van der Waals surface area contributed by atoms with Crippen LogP contribution in [0.5, 0.6) is 0 Å². The summed E-state index contributed by atoms with van der Waals surface area (Å²) >= 11 is 0.865. The zero-order valence-corrected chi connectivity index (χ0v) is 40.2. The lowest BCUT2D eigenvalue weighted by atomic mass is 9.81. The van der Waals surface area contributed by atoms with Crippen molar-refractivity contribution in [3.8, 4) is 0 Å². The molecule has 0 aliphatic carbocycles. The van der Waals surface area contributed by atoms with E-state index in [0.717, 1.165) is 107 Å². The van der Waals surface area contributed by atoms with Gasteiger partial charge in [-0.15, -0.1) is 0 Å². The van der Waals surface area contributed by atoms with Crippen molar-refractivity contribution >= 4 is 57.0 Å². The van der Waals surface area contributed by atoms with E-state index in [9.17, 15) is 41.0 Å². The predicted molar refractivity (Wildman–Crippen MR) is 240 cm³/mol. The van der Waals surface area contributed by atoms with Crippen LogP contribution >= 0.6 is 12.0 Å². The number of carbonyl (C=O) groups excluding carboxylic acids is 3. The SMILES string of the molecule is CCN1C(=CC=CC2=[N+](CCCCCC(=O)NCCC[N+](C)(C)CCCNC(=O)C(N)CN)c3ccc(S(=O)(=O)O)cc3C2(C)C)C(C)(C)c2cc(SOO[O-])ccc21.O=C([O-])C(F)(F)F. The molecular formula is C44H64F3N7O10S2. The van der Waals surface area contributed by atoms with E-state index in [0.29, 0.717) is 26.1 Å². The molecule has 0 saturated carbocycles. The Kier molecular flexibility index (Phi) is 20.4. The molecule has 4 rings (SSSR count). The molecule has 2 aromatic rings. The Morgan fingerprint density at radius 3 is 2.20 bits per heavy atom. The van der Waals surface area contributed by atoms with E-state index in [1.54, 1.807) is 12.1 Å². The number of carboxylic acid groups (broad SMARTS) is 1. The Balaban J connectivity index is 0.00000152. The van der Waals surface area contributed by atoms with Crippen molar-refractivity contribution in [1.29, 1.82) is 0 Å². The van der Waals surface area contributed by atoms with Gasteiger partial charge in [-0.05, 0) is 75.6 Å². The molecule has 2 aliphatic heterocycles. The number of halogens is 3. The Labute approximate surface area is 389 Å². The topological polar surface area (TPSA) is 253 Å². The van der Waals surface area contributed by atoms with Crippen molar-refractivity contribution in [2.45, 2.75) is 106 Å². The van der Waals surface area contributed by atoms with Gasteiger partial charge in [-0.3, -0.25) is 19.2 Å². The maximum Gasteiger partial charge on any atom is 0.430 e. The van der Waals surface area contributed by atoms with Crippen molar-refractivity contribution in [2.24, 2.45) is 11.5 Å². The molecule has 0 radical (unpaired) electrons. The molecule has 0 aromatic heterocycles. The predicted octanol–water partition coefficient (Wildman–Crippen LogP) is 3.03. The number of nitrogens with one attached hydrogen (secondary N) is 2. The van der Waals surface area contributed by atoms with E-state index < -0.39 is 33.7 Å². The van der Waals surface area contributed by atoms with Gasteiger partial charge in [0.15, 0.2) is 5.71 Å². The van der Waals surface area contributed by atoms with Crippen LogP contribution in [0.3, 0.4) is 0 Å². The average molecular weight is 972 g/mol. The summed E-state index contributed by atoms with van der Waals surface area (Å²) in [5, 5.41) is 28.6. The number of nitrogens with two attached hydrogens (primary N) is 2. The fourth-order valence-corrected chi connectivity index (χ4v) is 8.91. The summed E-state index contributed by atoms with van der Waals surface area (Å²) in [6.07, 6.45) is 5.48. The number of carboxylic acids is 1. The Hall–Kier alpha value is -4.39. The van der Waals surface area contributed by atoms with E-state index in [1.807, 2.05) is 24.3 Å². The largest absolute Gasteiger partial charge is 0.691 e. The van der Waals surface area contributed by atoms with Gasteiger partial charge in [-0.1, -0.05) is 19.9 Å². The van der Waals surface area contributed by atoms with Gasteiger partial charge in [0.2, 0.25) is 17.5 Å². The zero-order chi connectivity index (χ0) is 49.7. The van der Waals surface area contributed by atoms with Gasteiger partial charge < -0.3 is 46.6 Å². The molecule has 368 valence electrons. The number of unbranched alkanes of at least 4 members (excludes halogenated alkanes) is 2. The number of carbonyl (C=O) groups is 3. The quantitative estimate of drug-likeness (QED) is 0.0204. The van der Waals surface area contributed by atoms with Crippen molar-refractivity contribution in [3.63, 3.8) is 0 Å². The summed E-state index contributed by atoms with van der Waals surface area (Å²) in [6.45, 7) is 14.9. The standard InChI is InChI=1S/C42H63N7O8S2.C2HF3O2/c1-8-47-35-20-18-30(58-57-56-52)27-32(35)41(2,3)37(47)15-12-16-38-42(4,5)33-28-31(59(53,54)55)19-21-36(33)48(38)24-11-9-10-17-39(50)45-22-13-25-49(6,7)26-14-23-46-40(51)34(44)29-43;3-2(4,5)1(6)7/h12,15-16,18-21,27-28,34H,8-11,13-14,17,22-26,29,43-44H2,1-7H3,(H2-2,45,46,50,51,52,53,54,55);(H,6,7). The van der Waals surface area contributed by atoms with E-state index in [2.05, 4.69) is 90.3 Å². The van der Waals surface area contributed by atoms with Gasteiger partial charge in [-0.25, -0.2) is 0 Å². The van der Waals surface area contributed by atoms with Crippen molar-refractivity contribution in [1.82, 2.24) is 10.6 Å². The van der Waals surface area contributed by atoms with Crippen molar-refractivity contribution < 1.29 is 69.3 Å². The first kappa shape index (κ1) is 55.9. The molecule has 2 heterocycles. The third-order valence-corrected chi connectivity index (χ3v) is 13.0. The number of hydrogen-bond donors (Lipinski definition) is 5. The highest BCUT2D eigenvalue weighted by Crippen LogP contribution is 2.49. The molecule has 0 saturated heterocycles. The highest BCUT2D eigenvalue weighted by Gasteiger charge is 2.45. The monoisotopic (exact) mass is 971 g/mol. The van der Waals surface area contributed by atoms with Crippen molar-refractivity contribution in [2.75, 3.05) is 64.8 Å². The first-order valence-corrected chi connectivity index (χ1v) is 23.7. The molecule has 17 nitrogen and oxygen atoms in total. The summed E-state index contributed by atoms with van der Waals surface area (Å²) in [7, 11) is -0.134. The summed E-state index contributed by atoms with van der Waals surface area (Å²) in [6, 6.07) is 10.00. The second-order valence-electron chi connectivity index (χ2n) is 17.7. The minimum atomic E-state index is -5.19. The molecule has 7 N–H and O–H groups in total. The van der Waals surface area contributed by atoms with Gasteiger partial charge >= 0.3 is 6.18 Å². The summed E-state index contributed by atoms with van der Waals surface area (Å²) in [4.78, 5) is 36.2. The molecule has 0 spiro atoms. The molecule has 66 heavy (non-hydrogen) atoms. The van der Waals surface area contributed by atoms with Gasteiger partial charge in [0.25, 0.3) is 10.1 Å². The van der Waals surface area contributed by atoms with Crippen LogP contribution in [-0.4, -0.2) is 118 Å². The fourth-order valence-electron chi connectivity index (χ4n) is 8.01. The number of aliphatic carboxylic acids is 1. The lowest BCUT2D eigenvalue weighted by Crippen LogP contribution is -2.47. The molecule has 1 atom stereocenters. The lowest BCUT2D eigenvalue weighted by molar-refractivity contribution is -0.890. The Morgan fingerprint density at radius 1 is 0.985 bits per heavy atom. The van der Waals surface area contributed by atoms with Gasteiger partial charge in [0, 0.05) is 91.3 Å². The van der Waals surface area contributed by atoms with E-state index >= 15 is 0 Å². The van der Waals surface area contributed by atoms with Crippen LogP contribution in [0.15, 0.2) is 70.1 Å². The third-order valence-electron chi connectivity index (χ3n) is 11.6. The first-order valence-electron chi connectivity index (χ1n) is 21.5. The third kappa shape index (κ3) is 15.3. The molecular weight excluding hydrogens is 908 g/mol. The Morgan fingerprint density at radius 2 is 1.62 bits per heavy atom. The first-order chi connectivity index (χ1) is 30.7. The van der Waals surface area contributed by atoms with Crippen LogP contribution in [0.4, 0.5) is 24.5 Å². The van der Waals surface area contributed by atoms with Crippen molar-refractivity contribution in [3.05, 3.63) is 71.5 Å². The van der Waals surface area contributed by atoms with E-state index in [-0.39, 0.29) is 28.7 Å². The number of quaternary nitrogens is 1. The molecule has 0 fully saturated rings. The summed E-state index contributed by atoms with van der Waals surface area (Å²) < 4.78 is 73.3. The normalized spacial score (nSPS) is 16.5. The lowest BCUT2D eigenvalue weighted by Gasteiger charge is -2.30. The number of likely N-dealkylation sites (N-methyl/N-ethyl adjacent to an activating group) is 1. The van der Waals surface area contributed by atoms with Gasteiger partial charge in [0.05, 0.1) is 55.6 Å². The fraction of sp³-hybridized carbons (Fsp3) is 0.545. The van der Waals surface area contributed by atoms with E-state index in [4.69, 9.17) is 21.4 Å².